The molecular formula is C20H27N3O2. The van der Waals surface area contributed by atoms with Crippen molar-refractivity contribution in [2.24, 2.45) is 5.73 Å². The van der Waals surface area contributed by atoms with E-state index in [0.29, 0.717) is 5.69 Å². The number of aromatic amines is 1. The SMILES string of the molecule is Cc1cc(C(C)(C)C)ccc1-c1cc(=O)c(NC(=O)[C@H](C)N)c(C)[nH]1. The number of H-pyrrole nitrogens is 1. The van der Waals surface area contributed by atoms with Gasteiger partial charge in [-0.2, -0.15) is 0 Å². The van der Waals surface area contributed by atoms with Crippen LogP contribution in [0.3, 0.4) is 0 Å². The van der Waals surface area contributed by atoms with Crippen LogP contribution in [0.4, 0.5) is 5.69 Å². The maximum atomic E-state index is 12.5. The van der Waals surface area contributed by atoms with Crippen LogP contribution in [0.25, 0.3) is 11.3 Å². The number of nitrogens with one attached hydrogen (secondary N) is 2. The Morgan fingerprint density at radius 3 is 2.32 bits per heavy atom. The highest BCUT2D eigenvalue weighted by molar-refractivity contribution is 5.94. The van der Waals surface area contributed by atoms with Gasteiger partial charge in [0.05, 0.1) is 6.04 Å². The molecule has 0 bridgehead atoms. The van der Waals surface area contributed by atoms with Crippen molar-refractivity contribution in [2.45, 2.75) is 53.0 Å². The topological polar surface area (TPSA) is 88.0 Å². The molecule has 1 aromatic carbocycles. The number of aryl methyl sites for hydroxylation is 2. The molecule has 0 saturated heterocycles. The summed E-state index contributed by atoms with van der Waals surface area (Å²) in [5, 5.41) is 2.59. The number of anilines is 1. The number of carbonyl (C=O) groups excluding carboxylic acids is 1. The fourth-order valence-electron chi connectivity index (χ4n) is 2.66. The summed E-state index contributed by atoms with van der Waals surface area (Å²) < 4.78 is 0. The van der Waals surface area contributed by atoms with Gasteiger partial charge in [0.1, 0.15) is 5.69 Å². The molecule has 1 heterocycles. The number of rotatable bonds is 3. The van der Waals surface area contributed by atoms with E-state index in [1.54, 1.807) is 13.8 Å². The largest absolute Gasteiger partial charge is 0.357 e. The summed E-state index contributed by atoms with van der Waals surface area (Å²) in [4.78, 5) is 27.4. The molecule has 0 saturated carbocycles. The van der Waals surface area contributed by atoms with E-state index in [1.807, 2.05) is 13.0 Å². The molecule has 5 nitrogen and oxygen atoms in total. The number of benzene rings is 1. The van der Waals surface area contributed by atoms with Crippen molar-refractivity contribution in [2.75, 3.05) is 5.32 Å². The quantitative estimate of drug-likeness (QED) is 0.801. The van der Waals surface area contributed by atoms with E-state index in [4.69, 9.17) is 5.73 Å². The smallest absolute Gasteiger partial charge is 0.241 e. The fourth-order valence-corrected chi connectivity index (χ4v) is 2.66. The summed E-state index contributed by atoms with van der Waals surface area (Å²) in [5.74, 6) is -0.382. The standard InChI is InChI=1S/C20H27N3O2/c1-11-9-14(20(4,5)6)7-8-15(11)16-10-17(24)18(13(3)22-16)23-19(25)12(2)21/h7-10,12H,21H2,1-6H3,(H,22,24)(H,23,25)/t12-/m0/s1. The lowest BCUT2D eigenvalue weighted by molar-refractivity contribution is -0.117. The van der Waals surface area contributed by atoms with Gasteiger partial charge in [-0.25, -0.2) is 0 Å². The highest BCUT2D eigenvalue weighted by Crippen LogP contribution is 2.28. The fraction of sp³-hybridized carbons (Fsp3) is 0.400. The predicted octanol–water partition coefficient (Wildman–Crippen LogP) is 3.24. The van der Waals surface area contributed by atoms with E-state index < -0.39 is 6.04 Å². The summed E-state index contributed by atoms with van der Waals surface area (Å²) >= 11 is 0. The van der Waals surface area contributed by atoms with Crippen LogP contribution in [0, 0.1) is 13.8 Å². The van der Waals surface area contributed by atoms with Crippen molar-refractivity contribution < 1.29 is 4.79 Å². The zero-order chi connectivity index (χ0) is 18.9. The highest BCUT2D eigenvalue weighted by Gasteiger charge is 2.17. The van der Waals surface area contributed by atoms with Crippen LogP contribution in [0.2, 0.25) is 0 Å². The molecule has 0 aliphatic heterocycles. The summed E-state index contributed by atoms with van der Waals surface area (Å²) in [5.41, 5.74) is 10.3. The average molecular weight is 341 g/mol. The lowest BCUT2D eigenvalue weighted by Crippen LogP contribution is -2.34. The molecule has 1 aromatic heterocycles. The van der Waals surface area contributed by atoms with Gasteiger partial charge in [0.15, 0.2) is 0 Å². The van der Waals surface area contributed by atoms with Crippen LogP contribution in [0.15, 0.2) is 29.1 Å². The molecule has 1 atom stereocenters. The molecule has 0 radical (unpaired) electrons. The Hall–Kier alpha value is -2.40. The molecule has 0 spiro atoms. The third kappa shape index (κ3) is 4.17. The van der Waals surface area contributed by atoms with Crippen LogP contribution in [-0.4, -0.2) is 16.9 Å². The molecule has 0 aliphatic carbocycles. The second-order valence-corrected chi connectivity index (χ2v) is 7.60. The van der Waals surface area contributed by atoms with E-state index in [-0.39, 0.29) is 22.4 Å². The molecule has 25 heavy (non-hydrogen) atoms. The molecule has 1 amide bonds. The molecule has 5 heteroatoms. The minimum Gasteiger partial charge on any atom is -0.357 e. The predicted molar refractivity (Wildman–Crippen MR) is 103 cm³/mol. The van der Waals surface area contributed by atoms with Crippen molar-refractivity contribution >= 4 is 11.6 Å². The van der Waals surface area contributed by atoms with Crippen LogP contribution in [0.5, 0.6) is 0 Å². The number of carbonyl (C=O) groups is 1. The summed E-state index contributed by atoms with van der Waals surface area (Å²) in [7, 11) is 0. The normalized spacial score (nSPS) is 12.8. The summed E-state index contributed by atoms with van der Waals surface area (Å²) in [6.07, 6.45) is 0. The van der Waals surface area contributed by atoms with E-state index in [0.717, 1.165) is 16.8 Å². The summed E-state index contributed by atoms with van der Waals surface area (Å²) in [6.45, 7) is 11.9. The van der Waals surface area contributed by atoms with Gasteiger partial charge in [-0.1, -0.05) is 39.0 Å². The number of amides is 1. The average Bonchev–Trinajstić information content (AvgIpc) is 2.49. The molecule has 134 valence electrons. The van der Waals surface area contributed by atoms with Crippen LogP contribution in [-0.2, 0) is 10.2 Å². The molecule has 2 rings (SSSR count). The Labute approximate surface area is 148 Å². The number of pyridine rings is 1. The van der Waals surface area contributed by atoms with E-state index in [9.17, 15) is 9.59 Å². The van der Waals surface area contributed by atoms with Gasteiger partial charge in [0.25, 0.3) is 0 Å². The Balaban J connectivity index is 2.45. The lowest BCUT2D eigenvalue weighted by Gasteiger charge is -2.21. The van der Waals surface area contributed by atoms with Gasteiger partial charge >= 0.3 is 0 Å². The Morgan fingerprint density at radius 2 is 1.84 bits per heavy atom. The minimum atomic E-state index is -0.675. The Kier molecular flexibility index (Phi) is 5.18. The van der Waals surface area contributed by atoms with Gasteiger partial charge in [-0.05, 0) is 37.3 Å². The first kappa shape index (κ1) is 18.9. The van der Waals surface area contributed by atoms with Gasteiger partial charge in [-0.15, -0.1) is 0 Å². The maximum absolute atomic E-state index is 12.5. The second-order valence-electron chi connectivity index (χ2n) is 7.60. The Morgan fingerprint density at radius 1 is 1.20 bits per heavy atom. The van der Waals surface area contributed by atoms with Crippen molar-refractivity contribution in [3.63, 3.8) is 0 Å². The lowest BCUT2D eigenvalue weighted by atomic mass is 9.85. The monoisotopic (exact) mass is 341 g/mol. The molecule has 0 unspecified atom stereocenters. The third-order valence-corrected chi connectivity index (χ3v) is 4.26. The second kappa shape index (κ2) is 6.84. The third-order valence-electron chi connectivity index (χ3n) is 4.26. The van der Waals surface area contributed by atoms with Crippen LogP contribution >= 0.6 is 0 Å². The molecule has 2 aromatic rings. The van der Waals surface area contributed by atoms with Crippen molar-refractivity contribution in [3.8, 4) is 11.3 Å². The number of aromatic nitrogens is 1. The van der Waals surface area contributed by atoms with Crippen molar-refractivity contribution in [1.82, 2.24) is 4.98 Å². The first-order valence-electron chi connectivity index (χ1n) is 8.42. The number of nitrogens with two attached hydrogens (primary N) is 1. The number of hydrogen-bond donors (Lipinski definition) is 3. The number of hydrogen-bond acceptors (Lipinski definition) is 3. The first-order valence-corrected chi connectivity index (χ1v) is 8.42. The van der Waals surface area contributed by atoms with Gasteiger partial charge in [0.2, 0.25) is 11.3 Å². The van der Waals surface area contributed by atoms with E-state index in [2.05, 4.69) is 43.2 Å². The highest BCUT2D eigenvalue weighted by atomic mass is 16.2. The van der Waals surface area contributed by atoms with Crippen molar-refractivity contribution in [3.05, 3.63) is 51.3 Å². The molecule has 0 fully saturated rings. The van der Waals surface area contributed by atoms with Gasteiger partial charge in [0, 0.05) is 23.0 Å². The van der Waals surface area contributed by atoms with Gasteiger partial charge in [-0.3, -0.25) is 9.59 Å². The van der Waals surface area contributed by atoms with E-state index >= 15 is 0 Å². The maximum Gasteiger partial charge on any atom is 0.241 e. The van der Waals surface area contributed by atoms with Crippen LogP contribution in [0.1, 0.15) is 44.5 Å². The minimum absolute atomic E-state index is 0.0691. The molecular weight excluding hydrogens is 314 g/mol. The zero-order valence-corrected chi connectivity index (χ0v) is 15.8. The first-order chi connectivity index (χ1) is 11.5. The Bertz CT molecular complexity index is 858. The van der Waals surface area contributed by atoms with Crippen molar-refractivity contribution in [1.29, 1.82) is 0 Å². The molecule has 4 N–H and O–H groups in total. The van der Waals surface area contributed by atoms with Gasteiger partial charge < -0.3 is 16.0 Å². The van der Waals surface area contributed by atoms with Crippen LogP contribution < -0.4 is 16.5 Å². The summed E-state index contributed by atoms with van der Waals surface area (Å²) in [6, 6.07) is 7.10. The molecule has 0 aliphatic rings. The zero-order valence-electron chi connectivity index (χ0n) is 15.8. The van der Waals surface area contributed by atoms with E-state index in [1.165, 1.54) is 11.6 Å².